The van der Waals surface area contributed by atoms with Gasteiger partial charge in [0.1, 0.15) is 5.75 Å². The molecule has 0 radical (unpaired) electrons. The third-order valence-electron chi connectivity index (χ3n) is 6.85. The van der Waals surface area contributed by atoms with E-state index >= 15 is 0 Å². The van der Waals surface area contributed by atoms with Crippen LogP contribution in [0.5, 0.6) is 5.75 Å². The SMILES string of the molecule is COc1ccc(Cl)cc1N1CCN(Cc2cccc(C(=O)N3CCc4ccccc4C3)c2)CC1. The zero-order valence-corrected chi connectivity index (χ0v) is 20.3. The highest BCUT2D eigenvalue weighted by Crippen LogP contribution is 2.32. The van der Waals surface area contributed by atoms with Crippen LogP contribution in [0.2, 0.25) is 5.02 Å². The lowest BCUT2D eigenvalue weighted by Crippen LogP contribution is -2.46. The number of hydrogen-bond donors (Lipinski definition) is 0. The largest absolute Gasteiger partial charge is 0.495 e. The topological polar surface area (TPSA) is 36.0 Å². The van der Waals surface area contributed by atoms with E-state index in [4.69, 9.17) is 16.3 Å². The molecule has 1 saturated heterocycles. The molecule has 0 saturated carbocycles. The Morgan fingerprint density at radius 1 is 0.912 bits per heavy atom. The number of methoxy groups -OCH3 is 1. The number of carbonyl (C=O) groups excluding carboxylic acids is 1. The Morgan fingerprint density at radius 3 is 2.50 bits per heavy atom. The van der Waals surface area contributed by atoms with E-state index in [0.717, 1.165) is 67.7 Å². The van der Waals surface area contributed by atoms with Crippen LogP contribution in [0.1, 0.15) is 27.0 Å². The second-order valence-electron chi connectivity index (χ2n) is 9.03. The van der Waals surface area contributed by atoms with Crippen molar-refractivity contribution in [2.75, 3.05) is 44.7 Å². The first-order valence-corrected chi connectivity index (χ1v) is 12.2. The van der Waals surface area contributed by atoms with E-state index in [1.807, 2.05) is 35.2 Å². The number of piperazine rings is 1. The Morgan fingerprint density at radius 2 is 1.71 bits per heavy atom. The Hall–Kier alpha value is -3.02. The molecule has 5 rings (SSSR count). The van der Waals surface area contributed by atoms with Gasteiger partial charge in [0.15, 0.2) is 0 Å². The average Bonchev–Trinajstić information content (AvgIpc) is 2.88. The number of halogens is 1. The number of fused-ring (bicyclic) bond motifs is 1. The summed E-state index contributed by atoms with van der Waals surface area (Å²) in [6, 6.07) is 22.3. The summed E-state index contributed by atoms with van der Waals surface area (Å²) in [4.78, 5) is 20.0. The van der Waals surface area contributed by atoms with Crippen molar-refractivity contribution in [1.29, 1.82) is 0 Å². The smallest absolute Gasteiger partial charge is 0.254 e. The summed E-state index contributed by atoms with van der Waals surface area (Å²) < 4.78 is 5.53. The van der Waals surface area contributed by atoms with Gasteiger partial charge in [-0.1, -0.05) is 48.0 Å². The van der Waals surface area contributed by atoms with Gasteiger partial charge in [-0.3, -0.25) is 9.69 Å². The predicted octanol–water partition coefficient (Wildman–Crippen LogP) is 4.87. The molecular formula is C28H30ClN3O2. The summed E-state index contributed by atoms with van der Waals surface area (Å²) in [7, 11) is 1.69. The minimum atomic E-state index is 0.120. The third kappa shape index (κ3) is 4.91. The summed E-state index contributed by atoms with van der Waals surface area (Å²) in [5.74, 6) is 0.971. The Labute approximate surface area is 206 Å². The van der Waals surface area contributed by atoms with Gasteiger partial charge in [0.05, 0.1) is 12.8 Å². The van der Waals surface area contributed by atoms with Gasteiger partial charge in [-0.25, -0.2) is 0 Å². The fraction of sp³-hybridized carbons (Fsp3) is 0.321. The molecule has 0 atom stereocenters. The van der Waals surface area contributed by atoms with Crippen molar-refractivity contribution < 1.29 is 9.53 Å². The minimum absolute atomic E-state index is 0.120. The van der Waals surface area contributed by atoms with Gasteiger partial charge in [0, 0.05) is 56.4 Å². The second kappa shape index (κ2) is 10.1. The number of nitrogens with zero attached hydrogens (tertiary/aromatic N) is 3. The van der Waals surface area contributed by atoms with Gasteiger partial charge in [0.2, 0.25) is 0 Å². The van der Waals surface area contributed by atoms with Gasteiger partial charge in [-0.15, -0.1) is 0 Å². The van der Waals surface area contributed by atoms with Crippen LogP contribution in [0.3, 0.4) is 0 Å². The first kappa shape index (κ1) is 22.8. The summed E-state index contributed by atoms with van der Waals surface area (Å²) >= 11 is 6.23. The zero-order chi connectivity index (χ0) is 23.5. The molecule has 0 spiro atoms. The monoisotopic (exact) mass is 475 g/mol. The maximum Gasteiger partial charge on any atom is 0.254 e. The summed E-state index contributed by atoms with van der Waals surface area (Å²) in [6.45, 7) is 5.99. The molecule has 0 unspecified atom stereocenters. The van der Waals surface area contributed by atoms with E-state index in [0.29, 0.717) is 6.54 Å². The van der Waals surface area contributed by atoms with Crippen LogP contribution in [-0.4, -0.2) is 55.5 Å². The van der Waals surface area contributed by atoms with Gasteiger partial charge in [-0.05, 0) is 53.4 Å². The van der Waals surface area contributed by atoms with Crippen molar-refractivity contribution in [3.05, 3.63) is 94.0 Å². The first-order valence-electron chi connectivity index (χ1n) is 11.9. The van der Waals surface area contributed by atoms with E-state index < -0.39 is 0 Å². The quantitative estimate of drug-likeness (QED) is 0.527. The standard InChI is InChI=1S/C28H30ClN3O2/c1-34-27-10-9-25(29)18-26(27)31-15-13-30(14-16-31)19-21-5-4-8-23(17-21)28(33)32-12-11-22-6-2-3-7-24(22)20-32/h2-10,17-18H,11-16,19-20H2,1H3. The number of carbonyl (C=O) groups is 1. The molecule has 3 aromatic rings. The van der Waals surface area contributed by atoms with Crippen LogP contribution in [0.4, 0.5) is 5.69 Å². The van der Waals surface area contributed by atoms with Crippen molar-refractivity contribution >= 4 is 23.2 Å². The molecule has 34 heavy (non-hydrogen) atoms. The molecule has 6 heteroatoms. The van der Waals surface area contributed by atoms with Crippen molar-refractivity contribution in [2.24, 2.45) is 0 Å². The van der Waals surface area contributed by atoms with E-state index in [1.165, 1.54) is 16.7 Å². The van der Waals surface area contributed by atoms with Gasteiger partial charge in [-0.2, -0.15) is 0 Å². The maximum absolute atomic E-state index is 13.2. The molecule has 3 aromatic carbocycles. The number of ether oxygens (including phenoxy) is 1. The van der Waals surface area contributed by atoms with E-state index in [2.05, 4.69) is 46.2 Å². The van der Waals surface area contributed by atoms with Crippen LogP contribution >= 0.6 is 11.6 Å². The van der Waals surface area contributed by atoms with Crippen molar-refractivity contribution in [1.82, 2.24) is 9.80 Å². The van der Waals surface area contributed by atoms with Crippen molar-refractivity contribution in [2.45, 2.75) is 19.5 Å². The first-order chi connectivity index (χ1) is 16.6. The van der Waals surface area contributed by atoms with Crippen LogP contribution < -0.4 is 9.64 Å². The second-order valence-corrected chi connectivity index (χ2v) is 9.46. The average molecular weight is 476 g/mol. The third-order valence-corrected chi connectivity index (χ3v) is 7.09. The molecule has 0 N–H and O–H groups in total. The maximum atomic E-state index is 13.2. The summed E-state index contributed by atoms with van der Waals surface area (Å²) in [5, 5.41) is 0.719. The van der Waals surface area contributed by atoms with E-state index in [-0.39, 0.29) is 5.91 Å². The van der Waals surface area contributed by atoms with Gasteiger partial charge < -0.3 is 14.5 Å². The van der Waals surface area contributed by atoms with E-state index in [9.17, 15) is 4.79 Å². The van der Waals surface area contributed by atoms with Crippen LogP contribution in [0.25, 0.3) is 0 Å². The lowest BCUT2D eigenvalue weighted by Gasteiger charge is -2.36. The molecule has 1 amide bonds. The molecule has 2 heterocycles. The summed E-state index contributed by atoms with van der Waals surface area (Å²) in [6.07, 6.45) is 0.920. The normalized spacial score (nSPS) is 16.3. The molecule has 176 valence electrons. The molecule has 2 aliphatic heterocycles. The van der Waals surface area contributed by atoms with Crippen LogP contribution in [-0.2, 0) is 19.5 Å². The molecule has 0 bridgehead atoms. The lowest BCUT2D eigenvalue weighted by atomic mass is 9.99. The highest BCUT2D eigenvalue weighted by molar-refractivity contribution is 6.30. The Bertz CT molecular complexity index is 1170. The molecular weight excluding hydrogens is 446 g/mol. The number of anilines is 1. The summed E-state index contributed by atoms with van der Waals surface area (Å²) in [5.41, 5.74) is 5.61. The molecule has 0 aliphatic carbocycles. The number of hydrogen-bond acceptors (Lipinski definition) is 4. The van der Waals surface area contributed by atoms with E-state index in [1.54, 1.807) is 7.11 Å². The number of rotatable bonds is 5. The highest BCUT2D eigenvalue weighted by atomic mass is 35.5. The molecule has 0 aromatic heterocycles. The van der Waals surface area contributed by atoms with Crippen molar-refractivity contribution in [3.8, 4) is 5.75 Å². The molecule has 2 aliphatic rings. The number of benzene rings is 3. The predicted molar refractivity (Wildman–Crippen MR) is 137 cm³/mol. The Kier molecular flexibility index (Phi) is 6.75. The van der Waals surface area contributed by atoms with Crippen LogP contribution in [0.15, 0.2) is 66.7 Å². The van der Waals surface area contributed by atoms with Gasteiger partial charge >= 0.3 is 0 Å². The Balaban J connectivity index is 1.21. The van der Waals surface area contributed by atoms with Gasteiger partial charge in [0.25, 0.3) is 5.91 Å². The number of amides is 1. The zero-order valence-electron chi connectivity index (χ0n) is 19.5. The van der Waals surface area contributed by atoms with Crippen LogP contribution in [0, 0.1) is 0 Å². The fourth-order valence-corrected chi connectivity index (χ4v) is 5.14. The lowest BCUT2D eigenvalue weighted by molar-refractivity contribution is 0.0734. The molecule has 1 fully saturated rings. The molecule has 5 nitrogen and oxygen atoms in total. The van der Waals surface area contributed by atoms with Crippen molar-refractivity contribution in [3.63, 3.8) is 0 Å². The fourth-order valence-electron chi connectivity index (χ4n) is 4.97. The minimum Gasteiger partial charge on any atom is -0.495 e. The highest BCUT2D eigenvalue weighted by Gasteiger charge is 2.23.